The third-order valence-electron chi connectivity index (χ3n) is 3.87. The largest absolute Gasteiger partial charge is 0.394 e. The first-order valence-corrected chi connectivity index (χ1v) is 9.06. The molecule has 0 aliphatic heterocycles. The van der Waals surface area contributed by atoms with Crippen LogP contribution < -0.4 is 10.6 Å². The number of rotatable bonds is 6. The maximum absolute atomic E-state index is 11.3. The molecule has 29 heavy (non-hydrogen) atoms. The Kier molecular flexibility index (Phi) is 11.4. The van der Waals surface area contributed by atoms with Crippen LogP contribution in [0.3, 0.4) is 0 Å². The Labute approximate surface area is 183 Å². The predicted molar refractivity (Wildman–Crippen MR) is 111 cm³/mol. The fourth-order valence-electron chi connectivity index (χ4n) is 1.84. The normalized spacial score (nSPS) is 18.4. The summed E-state index contributed by atoms with van der Waals surface area (Å²) in [5, 5.41) is 23.9. The van der Waals surface area contributed by atoms with Crippen molar-refractivity contribution < 1.29 is 36.6 Å². The van der Waals surface area contributed by atoms with Crippen LogP contribution in [-0.2, 0) is 26.4 Å². The molecule has 0 saturated heterocycles. The number of carbonyl (C=O) groups excluding carboxylic acids is 2. The summed E-state index contributed by atoms with van der Waals surface area (Å²) < 4.78 is 0. The topological polar surface area (TPSA) is 98.7 Å². The van der Waals surface area contributed by atoms with Crippen molar-refractivity contribution in [2.24, 2.45) is 0 Å². The molecule has 0 spiro atoms. The van der Waals surface area contributed by atoms with Gasteiger partial charge in [0.25, 0.3) is 0 Å². The van der Waals surface area contributed by atoms with Gasteiger partial charge >= 0.3 is 0 Å². The van der Waals surface area contributed by atoms with Gasteiger partial charge in [0.05, 0.1) is 24.3 Å². The summed E-state index contributed by atoms with van der Waals surface area (Å²) in [4.78, 5) is 22.6. The van der Waals surface area contributed by atoms with Gasteiger partial charge < -0.3 is 20.8 Å². The maximum atomic E-state index is 11.3. The molecule has 0 aromatic rings. The Bertz CT molecular complexity index is 693. The van der Waals surface area contributed by atoms with E-state index in [0.29, 0.717) is 11.1 Å². The quantitative estimate of drug-likeness (QED) is 0.466. The van der Waals surface area contributed by atoms with Gasteiger partial charge in [-0.15, -0.1) is 0 Å². The van der Waals surface area contributed by atoms with Gasteiger partial charge in [0.15, 0.2) is 11.6 Å². The monoisotopic (exact) mass is 445 g/mol. The summed E-state index contributed by atoms with van der Waals surface area (Å²) in [6.45, 7) is 7.47. The van der Waals surface area contributed by atoms with Crippen LogP contribution in [0.4, 0.5) is 0 Å². The second kappa shape index (κ2) is 12.4. The van der Waals surface area contributed by atoms with E-state index in [4.69, 9.17) is 10.2 Å². The second-order valence-electron chi connectivity index (χ2n) is 7.74. The summed E-state index contributed by atoms with van der Waals surface area (Å²) in [6, 6.07) is 0. The Morgan fingerprint density at radius 3 is 1.31 bits per heavy atom. The van der Waals surface area contributed by atoms with Crippen LogP contribution in [0.15, 0.2) is 72.2 Å². The molecule has 2 aliphatic carbocycles. The number of allylic oxidation sites excluding steroid dienone is 10. The zero-order valence-corrected chi connectivity index (χ0v) is 18.3. The number of carbonyl (C=O) groups is 2. The number of hydrogen-bond donors (Lipinski definition) is 4. The standard InChI is InChI=1S/2C11H15NO2.Co/c2*1-11(2,8-13)12-7-9-5-3-4-6-10(9)14;/h2*3-7,12-13H,8H2,1-2H3;/b2*9-7-;. The van der Waals surface area contributed by atoms with Crippen molar-refractivity contribution in [1.82, 2.24) is 10.6 Å². The van der Waals surface area contributed by atoms with Crippen LogP contribution in [0, 0.1) is 0 Å². The van der Waals surface area contributed by atoms with Crippen molar-refractivity contribution in [2.45, 2.75) is 38.8 Å². The molecular weight excluding hydrogens is 415 g/mol. The van der Waals surface area contributed by atoms with Crippen LogP contribution >= 0.6 is 0 Å². The van der Waals surface area contributed by atoms with Crippen molar-refractivity contribution >= 4 is 11.6 Å². The fraction of sp³-hybridized carbons (Fsp3) is 0.364. The molecule has 0 heterocycles. The van der Waals surface area contributed by atoms with Crippen LogP contribution in [0.25, 0.3) is 0 Å². The molecule has 1 radical (unpaired) electrons. The first-order chi connectivity index (χ1) is 13.1. The van der Waals surface area contributed by atoms with Crippen molar-refractivity contribution in [3.63, 3.8) is 0 Å². The van der Waals surface area contributed by atoms with E-state index in [0.717, 1.165) is 0 Å². The average Bonchev–Trinajstić information content (AvgIpc) is 2.67. The molecule has 0 unspecified atom stereocenters. The Balaban J connectivity index is 0.000000523. The van der Waals surface area contributed by atoms with E-state index >= 15 is 0 Å². The second-order valence-corrected chi connectivity index (χ2v) is 7.74. The minimum Gasteiger partial charge on any atom is -0.394 e. The first-order valence-electron chi connectivity index (χ1n) is 9.06. The first kappa shape index (κ1) is 26.8. The van der Waals surface area contributed by atoms with Crippen LogP contribution in [0.5, 0.6) is 0 Å². The Morgan fingerprint density at radius 1 is 0.724 bits per heavy atom. The van der Waals surface area contributed by atoms with E-state index in [1.165, 1.54) is 12.2 Å². The molecule has 0 fully saturated rings. The summed E-state index contributed by atoms with van der Waals surface area (Å²) in [5.74, 6) is -0.0394. The Morgan fingerprint density at radius 2 is 1.03 bits per heavy atom. The smallest absolute Gasteiger partial charge is 0.187 e. The molecule has 0 atom stereocenters. The van der Waals surface area contributed by atoms with E-state index in [9.17, 15) is 9.59 Å². The van der Waals surface area contributed by atoms with Gasteiger partial charge in [-0.05, 0) is 52.0 Å². The van der Waals surface area contributed by atoms with E-state index < -0.39 is 11.1 Å². The Hall–Kier alpha value is -2.19. The fourth-order valence-corrected chi connectivity index (χ4v) is 1.84. The average molecular weight is 445 g/mol. The summed E-state index contributed by atoms with van der Waals surface area (Å²) in [5.41, 5.74) is 0.410. The van der Waals surface area contributed by atoms with Crippen LogP contribution in [0.2, 0.25) is 0 Å². The molecule has 0 aromatic carbocycles. The number of ketones is 2. The van der Waals surface area contributed by atoms with E-state index in [1.807, 2.05) is 27.7 Å². The molecule has 0 aromatic heterocycles. The van der Waals surface area contributed by atoms with Crippen LogP contribution in [0.1, 0.15) is 27.7 Å². The molecule has 2 aliphatic rings. The maximum Gasteiger partial charge on any atom is 0.187 e. The number of aliphatic hydroxyl groups excluding tert-OH is 2. The SMILES string of the molecule is CC(C)(CO)N/C=C1/C=CC=CC1=O.CC(C)(CO)N/C=C1/C=CC=CC1=O.[Co]. The van der Waals surface area contributed by atoms with Crippen LogP contribution in [-0.4, -0.2) is 46.1 Å². The van der Waals surface area contributed by atoms with Gasteiger partial charge in [0, 0.05) is 40.3 Å². The molecular formula is C22H30CoN2O4. The van der Waals surface area contributed by atoms with E-state index in [1.54, 1.807) is 48.9 Å². The summed E-state index contributed by atoms with van der Waals surface area (Å²) >= 11 is 0. The van der Waals surface area contributed by atoms with Gasteiger partial charge in [0.2, 0.25) is 0 Å². The summed E-state index contributed by atoms with van der Waals surface area (Å²) in [6.07, 6.45) is 16.8. The third kappa shape index (κ3) is 10.2. The number of nitrogens with one attached hydrogen (secondary N) is 2. The molecule has 4 N–H and O–H groups in total. The minimum atomic E-state index is -0.401. The van der Waals surface area contributed by atoms with E-state index in [-0.39, 0.29) is 41.6 Å². The molecule has 0 amide bonds. The molecule has 7 heteroatoms. The molecule has 0 saturated carbocycles. The number of aliphatic hydroxyl groups is 2. The zero-order valence-electron chi connectivity index (χ0n) is 17.2. The van der Waals surface area contributed by atoms with Gasteiger partial charge in [-0.3, -0.25) is 9.59 Å². The predicted octanol–water partition coefficient (Wildman–Crippen LogP) is 1.85. The molecule has 6 nitrogen and oxygen atoms in total. The van der Waals surface area contributed by atoms with Gasteiger partial charge in [-0.25, -0.2) is 0 Å². The van der Waals surface area contributed by atoms with Crippen molar-refractivity contribution in [3.05, 3.63) is 72.2 Å². The molecule has 161 valence electrons. The van der Waals surface area contributed by atoms with Gasteiger partial charge in [-0.1, -0.05) is 24.3 Å². The molecule has 0 bridgehead atoms. The third-order valence-corrected chi connectivity index (χ3v) is 3.87. The number of hydrogen-bond acceptors (Lipinski definition) is 6. The molecule has 2 rings (SSSR count). The summed E-state index contributed by atoms with van der Waals surface area (Å²) in [7, 11) is 0. The van der Waals surface area contributed by atoms with Gasteiger partial charge in [-0.2, -0.15) is 0 Å². The minimum absolute atomic E-state index is 0. The van der Waals surface area contributed by atoms with E-state index in [2.05, 4.69) is 10.6 Å². The van der Waals surface area contributed by atoms with Gasteiger partial charge in [0.1, 0.15) is 0 Å². The van der Waals surface area contributed by atoms with Crippen molar-refractivity contribution in [1.29, 1.82) is 0 Å². The zero-order chi connectivity index (χ0) is 21.2. The van der Waals surface area contributed by atoms with Crippen molar-refractivity contribution in [2.75, 3.05) is 13.2 Å². The van der Waals surface area contributed by atoms with Crippen molar-refractivity contribution in [3.8, 4) is 0 Å².